The predicted molar refractivity (Wildman–Crippen MR) is 101 cm³/mol. The van der Waals surface area contributed by atoms with Gasteiger partial charge in [0.15, 0.2) is 0 Å². The number of benzene rings is 2. The van der Waals surface area contributed by atoms with E-state index in [-0.39, 0.29) is 15.7 Å². The molecule has 0 aromatic heterocycles. The lowest BCUT2D eigenvalue weighted by atomic mass is 10.1. The monoisotopic (exact) mass is 389 g/mol. The van der Waals surface area contributed by atoms with Crippen LogP contribution in [-0.4, -0.2) is 24.2 Å². The van der Waals surface area contributed by atoms with Crippen molar-refractivity contribution < 1.29 is 23.1 Å². The highest BCUT2D eigenvalue weighted by atomic mass is 32.2. The van der Waals surface area contributed by atoms with Crippen molar-refractivity contribution in [1.29, 1.82) is 0 Å². The van der Waals surface area contributed by atoms with Gasteiger partial charge < -0.3 is 4.74 Å². The quantitative estimate of drug-likeness (QED) is 0.711. The Morgan fingerprint density at radius 3 is 2.26 bits per heavy atom. The molecule has 3 rings (SSSR count). The number of amides is 2. The SMILES string of the molecule is COc1ccc(C2=C(SC(C)C)C(=O)N(c3cc(F)ccc3F)C2=O)cc1. The average Bonchev–Trinajstić information content (AvgIpc) is 2.87. The number of carbonyl (C=O) groups is 2. The second-order valence-electron chi connectivity index (χ2n) is 6.14. The molecule has 0 radical (unpaired) electrons. The molecule has 7 heteroatoms. The molecule has 0 bridgehead atoms. The van der Waals surface area contributed by atoms with Crippen molar-refractivity contribution in [3.63, 3.8) is 0 Å². The van der Waals surface area contributed by atoms with Crippen LogP contribution < -0.4 is 9.64 Å². The largest absolute Gasteiger partial charge is 0.497 e. The number of ether oxygens (including phenoxy) is 1. The second-order valence-corrected chi connectivity index (χ2v) is 7.73. The molecule has 1 aliphatic rings. The van der Waals surface area contributed by atoms with Crippen LogP contribution in [0, 0.1) is 11.6 Å². The molecular formula is C20H17F2NO3S. The van der Waals surface area contributed by atoms with Crippen LogP contribution in [0.1, 0.15) is 19.4 Å². The summed E-state index contributed by atoms with van der Waals surface area (Å²) < 4.78 is 33.0. The molecule has 2 aromatic carbocycles. The van der Waals surface area contributed by atoms with Gasteiger partial charge in [0.25, 0.3) is 11.8 Å². The zero-order valence-electron chi connectivity index (χ0n) is 15.0. The van der Waals surface area contributed by atoms with Crippen LogP contribution in [0.15, 0.2) is 47.4 Å². The summed E-state index contributed by atoms with van der Waals surface area (Å²) in [5.74, 6) is -2.32. The zero-order chi connectivity index (χ0) is 19.7. The van der Waals surface area contributed by atoms with Crippen molar-refractivity contribution in [3.8, 4) is 5.75 Å². The van der Waals surface area contributed by atoms with E-state index in [1.165, 1.54) is 18.9 Å². The van der Waals surface area contributed by atoms with E-state index in [9.17, 15) is 18.4 Å². The third-order valence-corrected chi connectivity index (χ3v) is 5.01. The number of methoxy groups -OCH3 is 1. The topological polar surface area (TPSA) is 46.6 Å². The molecule has 0 saturated carbocycles. The summed E-state index contributed by atoms with van der Waals surface area (Å²) in [6.07, 6.45) is 0. The Balaban J connectivity index is 2.12. The summed E-state index contributed by atoms with van der Waals surface area (Å²) in [5, 5.41) is 0.0160. The molecule has 0 N–H and O–H groups in total. The number of hydrogen-bond acceptors (Lipinski definition) is 4. The maximum absolute atomic E-state index is 14.2. The molecule has 2 amide bonds. The van der Waals surface area contributed by atoms with Crippen LogP contribution in [-0.2, 0) is 9.59 Å². The van der Waals surface area contributed by atoms with Crippen LogP contribution >= 0.6 is 11.8 Å². The Kier molecular flexibility index (Phi) is 5.32. The number of thioether (sulfide) groups is 1. The van der Waals surface area contributed by atoms with E-state index in [4.69, 9.17) is 4.74 Å². The van der Waals surface area contributed by atoms with Crippen molar-refractivity contribution in [2.45, 2.75) is 19.1 Å². The third-order valence-electron chi connectivity index (χ3n) is 3.92. The van der Waals surface area contributed by atoms with Gasteiger partial charge in [-0.25, -0.2) is 13.7 Å². The van der Waals surface area contributed by atoms with Crippen molar-refractivity contribution in [2.75, 3.05) is 12.0 Å². The Labute approximate surface area is 159 Å². The molecular weight excluding hydrogens is 372 g/mol. The fourth-order valence-corrected chi connectivity index (χ4v) is 3.73. The molecule has 4 nitrogen and oxygen atoms in total. The molecule has 1 aliphatic heterocycles. The minimum absolute atomic E-state index is 0.0160. The molecule has 0 saturated heterocycles. The first-order valence-corrected chi connectivity index (χ1v) is 9.10. The summed E-state index contributed by atoms with van der Waals surface area (Å²) >= 11 is 1.22. The summed E-state index contributed by atoms with van der Waals surface area (Å²) in [4.78, 5) is 26.9. The molecule has 0 fully saturated rings. The fraction of sp³-hybridized carbons (Fsp3) is 0.200. The van der Waals surface area contributed by atoms with Gasteiger partial charge in [-0.1, -0.05) is 26.0 Å². The first-order valence-electron chi connectivity index (χ1n) is 8.22. The van der Waals surface area contributed by atoms with Crippen molar-refractivity contribution in [2.24, 2.45) is 0 Å². The molecule has 2 aromatic rings. The number of nitrogens with zero attached hydrogens (tertiary/aromatic N) is 1. The Morgan fingerprint density at radius 2 is 1.67 bits per heavy atom. The highest BCUT2D eigenvalue weighted by molar-refractivity contribution is 8.04. The molecule has 0 unspecified atom stereocenters. The molecule has 27 heavy (non-hydrogen) atoms. The molecule has 1 heterocycles. The van der Waals surface area contributed by atoms with Crippen molar-refractivity contribution in [3.05, 3.63) is 64.6 Å². The number of anilines is 1. The summed E-state index contributed by atoms with van der Waals surface area (Å²) in [5.41, 5.74) is 0.289. The maximum atomic E-state index is 14.2. The lowest BCUT2D eigenvalue weighted by Crippen LogP contribution is -2.32. The standard InChI is InChI=1S/C20H17F2NO3S/c1-11(2)27-18-17(12-4-7-14(26-3)8-5-12)19(24)23(20(18)25)16-10-13(21)6-9-15(16)22/h4-11H,1-3H3. The van der Waals surface area contributed by atoms with E-state index >= 15 is 0 Å². The van der Waals surface area contributed by atoms with Gasteiger partial charge in [-0.15, -0.1) is 11.8 Å². The van der Waals surface area contributed by atoms with Gasteiger partial charge in [-0.2, -0.15) is 0 Å². The number of imide groups is 1. The van der Waals surface area contributed by atoms with E-state index in [2.05, 4.69) is 0 Å². The Hall–Kier alpha value is -2.67. The van der Waals surface area contributed by atoms with E-state index in [0.29, 0.717) is 16.2 Å². The summed E-state index contributed by atoms with van der Waals surface area (Å²) in [7, 11) is 1.52. The van der Waals surface area contributed by atoms with Gasteiger partial charge in [-0.3, -0.25) is 9.59 Å². The van der Waals surface area contributed by atoms with E-state index in [1.807, 2.05) is 13.8 Å². The third kappa shape index (κ3) is 3.60. The first kappa shape index (κ1) is 19.1. The van der Waals surface area contributed by atoms with Gasteiger partial charge in [0.2, 0.25) is 0 Å². The lowest BCUT2D eigenvalue weighted by Gasteiger charge is -2.16. The van der Waals surface area contributed by atoms with Crippen molar-refractivity contribution >= 4 is 34.8 Å². The lowest BCUT2D eigenvalue weighted by molar-refractivity contribution is -0.119. The van der Waals surface area contributed by atoms with Gasteiger partial charge >= 0.3 is 0 Å². The highest BCUT2D eigenvalue weighted by Gasteiger charge is 2.41. The normalized spacial score (nSPS) is 14.5. The predicted octanol–water partition coefficient (Wildman–Crippen LogP) is 4.40. The van der Waals surface area contributed by atoms with Gasteiger partial charge in [0.1, 0.15) is 17.4 Å². The van der Waals surface area contributed by atoms with Crippen LogP contribution in [0.4, 0.5) is 14.5 Å². The molecule has 0 atom stereocenters. The van der Waals surface area contributed by atoms with Gasteiger partial charge in [0.05, 0.1) is 23.3 Å². The minimum atomic E-state index is -0.844. The highest BCUT2D eigenvalue weighted by Crippen LogP contribution is 2.40. The Morgan fingerprint density at radius 1 is 1.00 bits per heavy atom. The summed E-state index contributed by atoms with van der Waals surface area (Å²) in [6, 6.07) is 9.33. The molecule has 0 spiro atoms. The fourth-order valence-electron chi connectivity index (χ4n) is 2.74. The molecule has 0 aliphatic carbocycles. The first-order chi connectivity index (χ1) is 12.8. The Bertz CT molecular complexity index is 939. The van der Waals surface area contributed by atoms with Gasteiger partial charge in [-0.05, 0) is 29.8 Å². The van der Waals surface area contributed by atoms with Crippen LogP contribution in [0.3, 0.4) is 0 Å². The maximum Gasteiger partial charge on any atom is 0.272 e. The van der Waals surface area contributed by atoms with Crippen LogP contribution in [0.25, 0.3) is 5.57 Å². The number of hydrogen-bond donors (Lipinski definition) is 0. The van der Waals surface area contributed by atoms with Crippen LogP contribution in [0.2, 0.25) is 0 Å². The molecule has 140 valence electrons. The van der Waals surface area contributed by atoms with E-state index in [1.54, 1.807) is 24.3 Å². The van der Waals surface area contributed by atoms with Crippen molar-refractivity contribution in [1.82, 2.24) is 0 Å². The van der Waals surface area contributed by atoms with E-state index < -0.39 is 29.1 Å². The van der Waals surface area contributed by atoms with Crippen LogP contribution in [0.5, 0.6) is 5.75 Å². The van der Waals surface area contributed by atoms with Gasteiger partial charge in [0, 0.05) is 11.3 Å². The number of halogens is 2. The second kappa shape index (κ2) is 7.52. The number of carbonyl (C=O) groups excluding carboxylic acids is 2. The average molecular weight is 389 g/mol. The zero-order valence-corrected chi connectivity index (χ0v) is 15.8. The minimum Gasteiger partial charge on any atom is -0.497 e. The number of rotatable bonds is 5. The van der Waals surface area contributed by atoms with E-state index in [0.717, 1.165) is 18.2 Å². The summed E-state index contributed by atoms with van der Waals surface area (Å²) in [6.45, 7) is 3.76. The smallest absolute Gasteiger partial charge is 0.272 e.